The summed E-state index contributed by atoms with van der Waals surface area (Å²) in [5.74, 6) is 0.890. The zero-order valence-corrected chi connectivity index (χ0v) is 11.1. The van der Waals surface area contributed by atoms with Crippen molar-refractivity contribution >= 4 is 0 Å². The number of nitrogens with two attached hydrogens (primary N) is 1. The molecule has 2 N–H and O–H groups in total. The molecule has 3 heteroatoms. The second-order valence-corrected chi connectivity index (χ2v) is 4.97. The molecule has 1 rings (SSSR count). The van der Waals surface area contributed by atoms with Crippen LogP contribution in [0, 0.1) is 5.92 Å². The molecule has 0 aromatic heterocycles. The third kappa shape index (κ3) is 4.81. The summed E-state index contributed by atoms with van der Waals surface area (Å²) in [5.41, 5.74) is 5.61. The maximum atomic E-state index is 5.61. The minimum atomic E-state index is 0.798. The summed E-state index contributed by atoms with van der Waals surface area (Å²) in [6.07, 6.45) is 3.94. The van der Waals surface area contributed by atoms with Crippen molar-refractivity contribution in [1.82, 2.24) is 9.80 Å². The van der Waals surface area contributed by atoms with E-state index in [0.717, 1.165) is 19.0 Å². The lowest BCUT2D eigenvalue weighted by Crippen LogP contribution is -2.35. The van der Waals surface area contributed by atoms with E-state index in [-0.39, 0.29) is 0 Å². The van der Waals surface area contributed by atoms with Crippen molar-refractivity contribution < 1.29 is 0 Å². The second-order valence-electron chi connectivity index (χ2n) is 4.97. The highest BCUT2D eigenvalue weighted by Gasteiger charge is 2.16. The van der Waals surface area contributed by atoms with Gasteiger partial charge in [0.2, 0.25) is 0 Å². The molecular formula is C13H29N3. The van der Waals surface area contributed by atoms with Crippen molar-refractivity contribution in [2.24, 2.45) is 11.7 Å². The number of hydrogen-bond donors (Lipinski definition) is 1. The Morgan fingerprint density at radius 2 is 1.62 bits per heavy atom. The van der Waals surface area contributed by atoms with Gasteiger partial charge in [-0.15, -0.1) is 0 Å². The summed E-state index contributed by atoms with van der Waals surface area (Å²) in [6, 6.07) is 0. The van der Waals surface area contributed by atoms with Gasteiger partial charge < -0.3 is 15.5 Å². The molecule has 3 nitrogen and oxygen atoms in total. The van der Waals surface area contributed by atoms with Crippen LogP contribution in [0.5, 0.6) is 0 Å². The lowest BCUT2D eigenvalue weighted by atomic mass is 10.0. The molecule has 0 aromatic carbocycles. The van der Waals surface area contributed by atoms with Crippen molar-refractivity contribution in [2.45, 2.75) is 33.1 Å². The van der Waals surface area contributed by atoms with E-state index in [4.69, 9.17) is 5.73 Å². The molecule has 0 aliphatic carbocycles. The van der Waals surface area contributed by atoms with Crippen LogP contribution in [0.1, 0.15) is 33.1 Å². The second kappa shape index (κ2) is 8.04. The van der Waals surface area contributed by atoms with Gasteiger partial charge in [-0.1, -0.05) is 26.7 Å². The van der Waals surface area contributed by atoms with Crippen LogP contribution in [-0.4, -0.2) is 55.6 Å². The molecule has 0 spiro atoms. The van der Waals surface area contributed by atoms with Crippen molar-refractivity contribution in [3.05, 3.63) is 0 Å². The first-order valence-electron chi connectivity index (χ1n) is 6.94. The Balaban J connectivity index is 2.29. The normalized spacial score (nSPS) is 20.2. The molecule has 0 unspecified atom stereocenters. The lowest BCUT2D eigenvalue weighted by Gasteiger charge is -2.25. The first-order chi connectivity index (χ1) is 7.80. The summed E-state index contributed by atoms with van der Waals surface area (Å²) >= 11 is 0. The molecule has 1 saturated heterocycles. The fourth-order valence-electron chi connectivity index (χ4n) is 2.53. The van der Waals surface area contributed by atoms with Crippen molar-refractivity contribution in [2.75, 3.05) is 45.8 Å². The van der Waals surface area contributed by atoms with Gasteiger partial charge in [-0.3, -0.25) is 0 Å². The van der Waals surface area contributed by atoms with E-state index in [1.54, 1.807) is 0 Å². The molecule has 1 aliphatic heterocycles. The molecule has 1 heterocycles. The predicted octanol–water partition coefficient (Wildman–Crippen LogP) is 1.39. The largest absolute Gasteiger partial charge is 0.329 e. The summed E-state index contributed by atoms with van der Waals surface area (Å²) in [6.45, 7) is 12.7. The standard InChI is InChI=1S/C13H29N3/c1-3-13(4-2)12-16-8-5-7-15(9-6-14)10-11-16/h13H,3-12,14H2,1-2H3. The van der Waals surface area contributed by atoms with Crippen LogP contribution in [0.2, 0.25) is 0 Å². The summed E-state index contributed by atoms with van der Waals surface area (Å²) < 4.78 is 0. The van der Waals surface area contributed by atoms with E-state index in [1.165, 1.54) is 52.0 Å². The quantitative estimate of drug-likeness (QED) is 0.744. The average molecular weight is 227 g/mol. The van der Waals surface area contributed by atoms with Crippen molar-refractivity contribution in [1.29, 1.82) is 0 Å². The van der Waals surface area contributed by atoms with Crippen LogP contribution in [0.15, 0.2) is 0 Å². The number of nitrogens with zero attached hydrogens (tertiary/aromatic N) is 2. The summed E-state index contributed by atoms with van der Waals surface area (Å²) in [4.78, 5) is 5.15. The van der Waals surface area contributed by atoms with E-state index in [0.29, 0.717) is 0 Å². The molecule has 0 amide bonds. The van der Waals surface area contributed by atoms with Crippen LogP contribution < -0.4 is 5.73 Å². The molecule has 0 radical (unpaired) electrons. The van der Waals surface area contributed by atoms with E-state index >= 15 is 0 Å². The highest BCUT2D eigenvalue weighted by Crippen LogP contribution is 2.12. The van der Waals surface area contributed by atoms with Crippen LogP contribution >= 0.6 is 0 Å². The zero-order chi connectivity index (χ0) is 11.8. The fourth-order valence-corrected chi connectivity index (χ4v) is 2.53. The highest BCUT2D eigenvalue weighted by atomic mass is 15.2. The predicted molar refractivity (Wildman–Crippen MR) is 70.6 cm³/mol. The van der Waals surface area contributed by atoms with Gasteiger partial charge in [-0.05, 0) is 25.4 Å². The Morgan fingerprint density at radius 3 is 2.25 bits per heavy atom. The molecular weight excluding hydrogens is 198 g/mol. The minimum Gasteiger partial charge on any atom is -0.329 e. The Hall–Kier alpha value is -0.120. The summed E-state index contributed by atoms with van der Waals surface area (Å²) in [5, 5.41) is 0. The van der Waals surface area contributed by atoms with Gasteiger partial charge in [0.25, 0.3) is 0 Å². The van der Waals surface area contributed by atoms with Gasteiger partial charge in [0, 0.05) is 32.7 Å². The van der Waals surface area contributed by atoms with Gasteiger partial charge in [-0.25, -0.2) is 0 Å². The molecule has 0 aromatic rings. The molecule has 0 atom stereocenters. The first kappa shape index (κ1) is 13.9. The Bertz CT molecular complexity index is 169. The third-order valence-corrected chi connectivity index (χ3v) is 3.80. The van der Waals surface area contributed by atoms with Crippen LogP contribution in [0.3, 0.4) is 0 Å². The lowest BCUT2D eigenvalue weighted by molar-refractivity contribution is 0.223. The fraction of sp³-hybridized carbons (Fsp3) is 1.00. The molecule has 96 valence electrons. The van der Waals surface area contributed by atoms with Crippen molar-refractivity contribution in [3.63, 3.8) is 0 Å². The first-order valence-corrected chi connectivity index (χ1v) is 6.94. The monoisotopic (exact) mass is 227 g/mol. The summed E-state index contributed by atoms with van der Waals surface area (Å²) in [7, 11) is 0. The van der Waals surface area contributed by atoms with Gasteiger partial charge in [0.05, 0.1) is 0 Å². The number of hydrogen-bond acceptors (Lipinski definition) is 3. The Morgan fingerprint density at radius 1 is 1.00 bits per heavy atom. The van der Waals surface area contributed by atoms with E-state index in [9.17, 15) is 0 Å². The van der Waals surface area contributed by atoms with Gasteiger partial charge in [-0.2, -0.15) is 0 Å². The smallest absolute Gasteiger partial charge is 0.0110 e. The maximum Gasteiger partial charge on any atom is 0.0110 e. The SMILES string of the molecule is CCC(CC)CN1CCCN(CCN)CC1. The van der Waals surface area contributed by atoms with Gasteiger partial charge in [0.15, 0.2) is 0 Å². The minimum absolute atomic E-state index is 0.798. The maximum absolute atomic E-state index is 5.61. The topological polar surface area (TPSA) is 32.5 Å². The Labute approximate surface area is 101 Å². The van der Waals surface area contributed by atoms with Crippen LogP contribution in [0.25, 0.3) is 0 Å². The molecule has 0 saturated carbocycles. The zero-order valence-electron chi connectivity index (χ0n) is 11.1. The third-order valence-electron chi connectivity index (χ3n) is 3.80. The molecule has 1 aliphatic rings. The van der Waals surface area contributed by atoms with Crippen molar-refractivity contribution in [3.8, 4) is 0 Å². The van der Waals surface area contributed by atoms with E-state index < -0.39 is 0 Å². The number of rotatable bonds is 6. The van der Waals surface area contributed by atoms with Crippen LogP contribution in [0.4, 0.5) is 0 Å². The Kier molecular flexibility index (Phi) is 7.01. The molecule has 16 heavy (non-hydrogen) atoms. The van der Waals surface area contributed by atoms with Gasteiger partial charge >= 0.3 is 0 Å². The molecule has 1 fully saturated rings. The molecule has 0 bridgehead atoms. The van der Waals surface area contributed by atoms with E-state index in [1.807, 2.05) is 0 Å². The van der Waals surface area contributed by atoms with Crippen LogP contribution in [-0.2, 0) is 0 Å². The average Bonchev–Trinajstić information content (AvgIpc) is 2.52. The van der Waals surface area contributed by atoms with Gasteiger partial charge in [0.1, 0.15) is 0 Å². The van der Waals surface area contributed by atoms with E-state index in [2.05, 4.69) is 23.6 Å². The highest BCUT2D eigenvalue weighted by molar-refractivity contribution is 4.72.